The van der Waals surface area contributed by atoms with Crippen molar-refractivity contribution in [2.45, 2.75) is 98.3 Å². The molecule has 0 aliphatic heterocycles. The summed E-state index contributed by atoms with van der Waals surface area (Å²) in [6, 6.07) is 0. The zero-order valence-electron chi connectivity index (χ0n) is 14.9. The number of unbranched alkanes of at least 4 members (excludes halogenated alkanes) is 6. The molecule has 0 fully saturated rings. The molecule has 0 heterocycles. The number of rotatable bonds is 13. The third-order valence-electron chi connectivity index (χ3n) is 5.23. The van der Waals surface area contributed by atoms with Gasteiger partial charge in [-0.1, -0.05) is 0 Å². The van der Waals surface area contributed by atoms with Crippen LogP contribution in [0.2, 0.25) is 13.3 Å². The standard InChI is InChI=1S/C7H15.C5H5.2C4H9.Sn/c1-3-5-7-6-4-2;1-2-4-5-3-1;2*1-3-4-2;/h1,3-7H2,2H3;1-3H,4H2;2*1,3-4H2,2H3;. The van der Waals surface area contributed by atoms with E-state index in [1.807, 2.05) is 3.59 Å². The average molecular weight is 397 g/mol. The van der Waals surface area contributed by atoms with Crippen molar-refractivity contribution >= 4 is 18.4 Å². The molecule has 0 unspecified atom stereocenters. The van der Waals surface area contributed by atoms with Gasteiger partial charge in [0, 0.05) is 0 Å². The molecule has 0 radical (unpaired) electrons. The summed E-state index contributed by atoms with van der Waals surface area (Å²) >= 11 is -2.03. The minimum absolute atomic E-state index is 1.32. The third-order valence-corrected chi connectivity index (χ3v) is 21.4. The van der Waals surface area contributed by atoms with Gasteiger partial charge in [-0.15, -0.1) is 0 Å². The summed E-state index contributed by atoms with van der Waals surface area (Å²) < 4.78 is 6.87. The van der Waals surface area contributed by atoms with Crippen LogP contribution >= 0.6 is 0 Å². The molecule has 0 atom stereocenters. The van der Waals surface area contributed by atoms with Crippen molar-refractivity contribution < 1.29 is 0 Å². The van der Waals surface area contributed by atoms with Crippen molar-refractivity contribution in [1.29, 1.82) is 0 Å². The molecule has 122 valence electrons. The monoisotopic (exact) mass is 398 g/mol. The first-order valence-corrected chi connectivity index (χ1v) is 17.1. The second-order valence-electron chi connectivity index (χ2n) is 6.98. The van der Waals surface area contributed by atoms with Crippen LogP contribution in [0, 0.1) is 0 Å². The van der Waals surface area contributed by atoms with E-state index in [0.29, 0.717) is 0 Å². The van der Waals surface area contributed by atoms with Crippen molar-refractivity contribution in [3.63, 3.8) is 0 Å². The first kappa shape index (κ1) is 19.3. The van der Waals surface area contributed by atoms with Crippen LogP contribution in [0.1, 0.15) is 85.0 Å². The van der Waals surface area contributed by atoms with E-state index in [-0.39, 0.29) is 0 Å². The summed E-state index contributed by atoms with van der Waals surface area (Å²) in [6.07, 6.45) is 21.7. The topological polar surface area (TPSA) is 0 Å². The van der Waals surface area contributed by atoms with Crippen molar-refractivity contribution in [1.82, 2.24) is 0 Å². The van der Waals surface area contributed by atoms with Gasteiger partial charge in [0.15, 0.2) is 0 Å². The van der Waals surface area contributed by atoms with Crippen molar-refractivity contribution in [2.24, 2.45) is 0 Å². The quantitative estimate of drug-likeness (QED) is 0.224. The van der Waals surface area contributed by atoms with Crippen molar-refractivity contribution in [2.75, 3.05) is 0 Å². The molecule has 21 heavy (non-hydrogen) atoms. The zero-order chi connectivity index (χ0) is 15.4. The minimum atomic E-state index is -2.03. The van der Waals surface area contributed by atoms with Gasteiger partial charge in [-0.2, -0.15) is 0 Å². The van der Waals surface area contributed by atoms with E-state index in [4.69, 9.17) is 0 Å². The summed E-state index contributed by atoms with van der Waals surface area (Å²) in [6.45, 7) is 7.07. The molecule has 0 spiro atoms. The van der Waals surface area contributed by atoms with Crippen LogP contribution in [0.5, 0.6) is 0 Å². The molecule has 1 heteroatoms. The summed E-state index contributed by atoms with van der Waals surface area (Å²) in [7, 11) is 0. The van der Waals surface area contributed by atoms with Gasteiger partial charge >= 0.3 is 138 Å². The van der Waals surface area contributed by atoms with Gasteiger partial charge in [-0.05, 0) is 0 Å². The fraction of sp³-hybridized carbons (Fsp3) is 0.800. The third kappa shape index (κ3) is 6.93. The molecule has 0 nitrogen and oxygen atoms in total. The second-order valence-corrected chi connectivity index (χ2v) is 20.4. The Morgan fingerprint density at radius 1 is 0.762 bits per heavy atom. The Morgan fingerprint density at radius 2 is 1.33 bits per heavy atom. The molecule has 1 aliphatic rings. The van der Waals surface area contributed by atoms with Gasteiger partial charge in [0.1, 0.15) is 0 Å². The van der Waals surface area contributed by atoms with Crippen LogP contribution < -0.4 is 0 Å². The van der Waals surface area contributed by atoms with E-state index < -0.39 is 18.4 Å². The SMILES string of the molecule is CCCCCC[CH2][Sn]([CH2]CCC)([CH2]CCC)[C]1=CC=CC1. The molecule has 0 aromatic rings. The van der Waals surface area contributed by atoms with Gasteiger partial charge in [-0.3, -0.25) is 0 Å². The summed E-state index contributed by atoms with van der Waals surface area (Å²) in [5.41, 5.74) is 0. The maximum atomic E-state index is 2.54. The van der Waals surface area contributed by atoms with Gasteiger partial charge < -0.3 is 0 Å². The van der Waals surface area contributed by atoms with E-state index in [2.05, 4.69) is 39.0 Å². The molecule has 1 aliphatic carbocycles. The van der Waals surface area contributed by atoms with Crippen LogP contribution in [0.3, 0.4) is 0 Å². The fourth-order valence-electron chi connectivity index (χ4n) is 3.79. The molecule has 0 aromatic heterocycles. The van der Waals surface area contributed by atoms with Crippen molar-refractivity contribution in [3.05, 3.63) is 21.8 Å². The predicted octanol–water partition coefficient (Wildman–Crippen LogP) is 7.43. The van der Waals surface area contributed by atoms with Crippen LogP contribution in [0.25, 0.3) is 0 Å². The van der Waals surface area contributed by atoms with Crippen LogP contribution in [0.4, 0.5) is 0 Å². The Bertz CT molecular complexity index is 306. The van der Waals surface area contributed by atoms with E-state index in [1.54, 1.807) is 13.3 Å². The second kappa shape index (κ2) is 11.8. The Kier molecular flexibility index (Phi) is 10.9. The Labute approximate surface area is 138 Å². The molecule has 0 bridgehead atoms. The maximum absolute atomic E-state index is 2.54. The summed E-state index contributed by atoms with van der Waals surface area (Å²) in [4.78, 5) is 0. The van der Waals surface area contributed by atoms with Gasteiger partial charge in [0.05, 0.1) is 0 Å². The van der Waals surface area contributed by atoms with E-state index in [0.717, 1.165) is 0 Å². The Morgan fingerprint density at radius 3 is 1.86 bits per heavy atom. The number of allylic oxidation sites excluding steroid dienone is 4. The van der Waals surface area contributed by atoms with Crippen LogP contribution in [0.15, 0.2) is 21.8 Å². The first-order valence-electron chi connectivity index (χ1n) is 9.65. The molecule has 0 aromatic carbocycles. The summed E-state index contributed by atoms with van der Waals surface area (Å²) in [5.74, 6) is 0. The Balaban J connectivity index is 2.63. The molecule has 0 N–H and O–H groups in total. The predicted molar refractivity (Wildman–Crippen MR) is 101 cm³/mol. The number of hydrogen-bond donors (Lipinski definition) is 0. The van der Waals surface area contributed by atoms with E-state index in [9.17, 15) is 0 Å². The average Bonchev–Trinajstić information content (AvgIpc) is 3.04. The van der Waals surface area contributed by atoms with Crippen LogP contribution in [-0.4, -0.2) is 18.4 Å². The van der Waals surface area contributed by atoms with Gasteiger partial charge in [0.25, 0.3) is 0 Å². The van der Waals surface area contributed by atoms with Gasteiger partial charge in [-0.25, -0.2) is 0 Å². The molecule has 0 amide bonds. The zero-order valence-corrected chi connectivity index (χ0v) is 17.8. The van der Waals surface area contributed by atoms with E-state index >= 15 is 0 Å². The van der Waals surface area contributed by atoms with Crippen molar-refractivity contribution in [3.8, 4) is 0 Å². The number of hydrogen-bond acceptors (Lipinski definition) is 0. The molecule has 0 saturated carbocycles. The molecule has 0 saturated heterocycles. The molecular weight excluding hydrogens is 359 g/mol. The van der Waals surface area contributed by atoms with Crippen LogP contribution in [-0.2, 0) is 0 Å². The fourth-order valence-corrected chi connectivity index (χ4v) is 20.1. The molecule has 1 rings (SSSR count). The van der Waals surface area contributed by atoms with Gasteiger partial charge in [0.2, 0.25) is 0 Å². The first-order chi connectivity index (χ1) is 10.3. The summed E-state index contributed by atoms with van der Waals surface area (Å²) in [5, 5.41) is 0. The molecular formula is C20H38Sn. The Hall–Kier alpha value is 0.279. The van der Waals surface area contributed by atoms with E-state index in [1.165, 1.54) is 64.2 Å². The normalized spacial score (nSPS) is 14.7.